The lowest BCUT2D eigenvalue weighted by Gasteiger charge is -2.35. The molecule has 2 atom stereocenters. The number of aromatic nitrogens is 2. The zero-order chi connectivity index (χ0) is 22.8. The molecule has 2 N–H and O–H groups in total. The largest absolute Gasteiger partial charge is 0.323 e. The first-order chi connectivity index (χ1) is 15.3. The van der Waals surface area contributed by atoms with Crippen molar-refractivity contribution in [3.05, 3.63) is 53.3 Å². The van der Waals surface area contributed by atoms with Crippen molar-refractivity contribution in [1.82, 2.24) is 20.2 Å². The van der Waals surface area contributed by atoms with Gasteiger partial charge in [-0.15, -0.1) is 0 Å². The Morgan fingerprint density at radius 2 is 1.81 bits per heavy atom. The van der Waals surface area contributed by atoms with E-state index in [1.807, 2.05) is 49.1 Å². The number of thiazole rings is 1. The number of piperazine rings is 1. The van der Waals surface area contributed by atoms with Crippen molar-refractivity contribution in [3.63, 3.8) is 0 Å². The number of carbonyl (C=O) groups is 1. The fourth-order valence-electron chi connectivity index (χ4n) is 4.13. The highest BCUT2D eigenvalue weighted by atomic mass is 32.1. The maximum absolute atomic E-state index is 13.0. The Balaban J connectivity index is 1.72. The van der Waals surface area contributed by atoms with Gasteiger partial charge in [-0.2, -0.15) is 5.26 Å². The fraction of sp³-hybridized carbons (Fsp3) is 0.333. The number of aryl methyl sites for hydroxylation is 2. The number of nitrogens with one attached hydrogen (secondary N) is 2. The van der Waals surface area contributed by atoms with Crippen molar-refractivity contribution in [2.75, 3.05) is 18.4 Å². The lowest BCUT2D eigenvalue weighted by Crippen LogP contribution is -2.56. The number of rotatable bonds is 3. The number of nitriles is 1. The summed E-state index contributed by atoms with van der Waals surface area (Å²) in [5.41, 5.74) is 4.98. The smallest absolute Gasteiger partial charge is 0.321 e. The molecule has 3 heterocycles. The zero-order valence-electron chi connectivity index (χ0n) is 18.6. The maximum atomic E-state index is 13.0. The minimum Gasteiger partial charge on any atom is -0.321 e. The SMILES string of the molecule is Cc1cc(-c2sc(NC(=O)N3C[C@H](C)N[C@@H](C)C3)nc2-c2cccc(C#N)c2)cc(C)n1. The summed E-state index contributed by atoms with van der Waals surface area (Å²) in [6, 6.07) is 13.9. The first-order valence-electron chi connectivity index (χ1n) is 10.6. The average Bonchev–Trinajstić information content (AvgIpc) is 3.16. The van der Waals surface area contributed by atoms with Crippen LogP contribution in [0.5, 0.6) is 0 Å². The minimum absolute atomic E-state index is 0.148. The van der Waals surface area contributed by atoms with Crippen LogP contribution in [-0.2, 0) is 0 Å². The van der Waals surface area contributed by atoms with E-state index in [4.69, 9.17) is 4.98 Å². The first kappa shape index (κ1) is 21.9. The number of amides is 2. The van der Waals surface area contributed by atoms with Crippen LogP contribution in [0.1, 0.15) is 30.8 Å². The highest BCUT2D eigenvalue weighted by Crippen LogP contribution is 2.39. The van der Waals surface area contributed by atoms with E-state index in [-0.39, 0.29) is 18.1 Å². The Kier molecular flexibility index (Phi) is 6.21. The number of hydrogen-bond acceptors (Lipinski definition) is 6. The molecular formula is C24H26N6OS. The predicted octanol–water partition coefficient (Wildman–Crippen LogP) is 4.57. The van der Waals surface area contributed by atoms with Crippen LogP contribution in [0.3, 0.4) is 0 Å². The minimum atomic E-state index is -0.148. The fourth-order valence-corrected chi connectivity index (χ4v) is 5.09. The molecule has 164 valence electrons. The van der Waals surface area contributed by atoms with Crippen LogP contribution < -0.4 is 10.6 Å². The quantitative estimate of drug-likeness (QED) is 0.614. The van der Waals surface area contributed by atoms with Crippen molar-refractivity contribution in [2.45, 2.75) is 39.8 Å². The van der Waals surface area contributed by atoms with Gasteiger partial charge < -0.3 is 10.2 Å². The van der Waals surface area contributed by atoms with E-state index >= 15 is 0 Å². The van der Waals surface area contributed by atoms with Gasteiger partial charge in [0.1, 0.15) is 0 Å². The second-order valence-electron chi connectivity index (χ2n) is 8.33. The van der Waals surface area contributed by atoms with E-state index in [1.54, 1.807) is 6.07 Å². The van der Waals surface area contributed by atoms with Crippen LogP contribution in [-0.4, -0.2) is 46.1 Å². The van der Waals surface area contributed by atoms with Crippen LogP contribution in [0.2, 0.25) is 0 Å². The zero-order valence-corrected chi connectivity index (χ0v) is 19.5. The van der Waals surface area contributed by atoms with Crippen LogP contribution in [0.25, 0.3) is 21.7 Å². The van der Waals surface area contributed by atoms with E-state index in [1.165, 1.54) is 11.3 Å². The molecule has 1 aromatic carbocycles. The van der Waals surface area contributed by atoms with E-state index < -0.39 is 0 Å². The van der Waals surface area contributed by atoms with Gasteiger partial charge in [0.25, 0.3) is 0 Å². The van der Waals surface area contributed by atoms with Gasteiger partial charge in [-0.25, -0.2) is 9.78 Å². The molecule has 0 unspecified atom stereocenters. The number of urea groups is 1. The normalized spacial score (nSPS) is 18.3. The van der Waals surface area contributed by atoms with Crippen LogP contribution in [0.4, 0.5) is 9.93 Å². The van der Waals surface area contributed by atoms with E-state index in [2.05, 4.69) is 35.5 Å². The Hall–Kier alpha value is -3.28. The Morgan fingerprint density at radius 3 is 2.47 bits per heavy atom. The molecule has 0 saturated carbocycles. The summed E-state index contributed by atoms with van der Waals surface area (Å²) in [6.45, 7) is 9.37. The second kappa shape index (κ2) is 9.07. The highest BCUT2D eigenvalue weighted by Gasteiger charge is 2.26. The molecule has 0 radical (unpaired) electrons. The standard InChI is InChI=1S/C24H26N6OS/c1-14-8-20(9-15(2)26-14)22-21(19-7-5-6-18(10-19)11-25)28-23(32-22)29-24(31)30-12-16(3)27-17(4)13-30/h5-10,16-17,27H,12-13H2,1-4H3,(H,28,29,31)/t16-,17-/m0/s1. The molecule has 7 nitrogen and oxygen atoms in total. The van der Waals surface area contributed by atoms with Crippen molar-refractivity contribution < 1.29 is 4.79 Å². The van der Waals surface area contributed by atoms with E-state index in [0.717, 1.165) is 33.1 Å². The predicted molar refractivity (Wildman–Crippen MR) is 128 cm³/mol. The third-order valence-corrected chi connectivity index (χ3v) is 6.31. The molecule has 1 saturated heterocycles. The first-order valence-corrected chi connectivity index (χ1v) is 11.4. The number of pyridine rings is 1. The number of benzene rings is 1. The van der Waals surface area contributed by atoms with Gasteiger partial charge in [0, 0.05) is 42.1 Å². The topological polar surface area (TPSA) is 93.9 Å². The van der Waals surface area contributed by atoms with Crippen LogP contribution >= 0.6 is 11.3 Å². The monoisotopic (exact) mass is 446 g/mol. The molecule has 8 heteroatoms. The third-order valence-electron chi connectivity index (χ3n) is 5.29. The summed E-state index contributed by atoms with van der Waals surface area (Å²) in [7, 11) is 0. The van der Waals surface area contributed by atoms with Crippen LogP contribution in [0, 0.1) is 25.2 Å². The van der Waals surface area contributed by atoms with Gasteiger partial charge in [0.05, 0.1) is 22.2 Å². The second-order valence-corrected chi connectivity index (χ2v) is 9.33. The summed E-state index contributed by atoms with van der Waals surface area (Å²) in [4.78, 5) is 25.0. The molecular weight excluding hydrogens is 420 g/mol. The van der Waals surface area contributed by atoms with Crippen molar-refractivity contribution in [2.24, 2.45) is 0 Å². The Bertz CT molecular complexity index is 1170. The van der Waals surface area contributed by atoms with Crippen molar-refractivity contribution >= 4 is 22.5 Å². The molecule has 32 heavy (non-hydrogen) atoms. The average molecular weight is 447 g/mol. The highest BCUT2D eigenvalue weighted by molar-refractivity contribution is 7.19. The van der Waals surface area contributed by atoms with Gasteiger partial charge in [-0.05, 0) is 57.5 Å². The summed E-state index contributed by atoms with van der Waals surface area (Å²) in [6.07, 6.45) is 0. The lowest BCUT2D eigenvalue weighted by molar-refractivity contribution is 0.176. The molecule has 2 aromatic heterocycles. The molecule has 0 aliphatic carbocycles. The summed E-state index contributed by atoms with van der Waals surface area (Å²) in [5.74, 6) is 0. The van der Waals surface area contributed by atoms with Gasteiger partial charge in [-0.1, -0.05) is 23.5 Å². The van der Waals surface area contributed by atoms with Gasteiger partial charge in [0.2, 0.25) is 0 Å². The molecule has 0 bridgehead atoms. The maximum Gasteiger partial charge on any atom is 0.323 e. The van der Waals surface area contributed by atoms with Gasteiger partial charge >= 0.3 is 6.03 Å². The summed E-state index contributed by atoms with van der Waals surface area (Å²) in [5, 5.41) is 16.3. The lowest BCUT2D eigenvalue weighted by atomic mass is 10.0. The van der Waals surface area contributed by atoms with E-state index in [0.29, 0.717) is 23.8 Å². The Morgan fingerprint density at radius 1 is 1.12 bits per heavy atom. The molecule has 1 aliphatic heterocycles. The molecule has 2 amide bonds. The van der Waals surface area contributed by atoms with E-state index in [9.17, 15) is 10.1 Å². The molecule has 3 aromatic rings. The molecule has 1 fully saturated rings. The number of nitrogens with zero attached hydrogens (tertiary/aromatic N) is 4. The number of hydrogen-bond donors (Lipinski definition) is 2. The summed E-state index contributed by atoms with van der Waals surface area (Å²) < 4.78 is 0. The molecule has 1 aliphatic rings. The third kappa shape index (κ3) is 4.79. The number of anilines is 1. The summed E-state index contributed by atoms with van der Waals surface area (Å²) >= 11 is 1.44. The van der Waals surface area contributed by atoms with Crippen molar-refractivity contribution in [1.29, 1.82) is 5.26 Å². The van der Waals surface area contributed by atoms with Gasteiger partial charge in [0.15, 0.2) is 5.13 Å². The Labute approximate surface area is 192 Å². The van der Waals surface area contributed by atoms with Crippen molar-refractivity contribution in [3.8, 4) is 27.8 Å². The molecule has 0 spiro atoms. The number of carbonyl (C=O) groups excluding carboxylic acids is 1. The molecule has 4 rings (SSSR count). The van der Waals surface area contributed by atoms with Gasteiger partial charge in [-0.3, -0.25) is 10.3 Å². The van der Waals surface area contributed by atoms with Crippen LogP contribution in [0.15, 0.2) is 36.4 Å².